The van der Waals surface area contributed by atoms with E-state index >= 15 is 0 Å². The second-order valence-electron chi connectivity index (χ2n) is 7.64. The molecule has 0 aromatic heterocycles. The molecule has 13 nitrogen and oxygen atoms in total. The molecule has 0 radical (unpaired) electrons. The summed E-state index contributed by atoms with van der Waals surface area (Å²) in [6.45, 7) is 0. The van der Waals surface area contributed by atoms with E-state index < -0.39 is 36.9 Å². The summed E-state index contributed by atoms with van der Waals surface area (Å²) >= 11 is 0. The molecule has 15 heteroatoms. The largest absolute Gasteiger partial charge is 0.505 e. The second kappa shape index (κ2) is 10.1. The van der Waals surface area contributed by atoms with Crippen molar-refractivity contribution in [3.63, 3.8) is 0 Å². The van der Waals surface area contributed by atoms with Crippen LogP contribution >= 0.6 is 0 Å². The molecule has 0 bridgehead atoms. The molecule has 0 atom stereocenters. The summed E-state index contributed by atoms with van der Waals surface area (Å²) in [5.74, 6) is -1.83. The fourth-order valence-electron chi connectivity index (χ4n) is 3.36. The van der Waals surface area contributed by atoms with Gasteiger partial charge in [-0.1, -0.05) is 24.3 Å². The lowest BCUT2D eigenvalue weighted by Gasteiger charge is -2.08. The molecule has 0 unspecified atom stereocenters. The van der Waals surface area contributed by atoms with Gasteiger partial charge in [-0.25, -0.2) is 4.79 Å². The Morgan fingerprint density at radius 3 is 1.84 bits per heavy atom. The molecule has 0 heterocycles. The zero-order valence-electron chi connectivity index (χ0n) is 18.9. The summed E-state index contributed by atoms with van der Waals surface area (Å²) in [5.41, 5.74) is -0.510. The highest BCUT2D eigenvalue weighted by Crippen LogP contribution is 2.40. The normalized spacial score (nSPS) is 12.5. The number of rotatable bonds is 7. The number of phenolic OH excluding ortho intramolecular Hbond substituents is 1. The van der Waals surface area contributed by atoms with Crippen LogP contribution in [-0.4, -0.2) is 42.1 Å². The molecule has 0 spiro atoms. The predicted molar refractivity (Wildman–Crippen MR) is 133 cm³/mol. The Labute approximate surface area is 214 Å². The minimum atomic E-state index is -4.69. The number of hydrogen-bond donors (Lipinski definition) is 4. The Hall–Kier alpha value is -4.57. The number of aromatic carboxylic acids is 1. The van der Waals surface area contributed by atoms with Crippen LogP contribution in [0.1, 0.15) is 10.4 Å². The Morgan fingerprint density at radius 1 is 0.658 bits per heavy atom. The number of nitrogens with zero attached hydrogens (tertiary/aromatic N) is 4. The number of fused-ring (bicyclic) bond motifs is 1. The Balaban J connectivity index is 1.69. The minimum Gasteiger partial charge on any atom is -0.505 e. The summed E-state index contributed by atoms with van der Waals surface area (Å²) in [5, 5.41) is 35.7. The molecule has 0 fully saturated rings. The number of hydrogen-bond acceptors (Lipinski definition) is 10. The van der Waals surface area contributed by atoms with Crippen molar-refractivity contribution in [1.82, 2.24) is 0 Å². The molecule has 0 aliphatic rings. The molecule has 4 aromatic carbocycles. The van der Waals surface area contributed by atoms with Gasteiger partial charge in [-0.15, -0.1) is 10.2 Å². The number of carboxylic acid groups (broad SMARTS) is 1. The monoisotopic (exact) mass is 556 g/mol. The number of benzene rings is 4. The van der Waals surface area contributed by atoms with Crippen LogP contribution in [-0.2, 0) is 20.2 Å². The van der Waals surface area contributed by atoms with Crippen molar-refractivity contribution < 1.29 is 40.9 Å². The van der Waals surface area contributed by atoms with E-state index in [9.17, 15) is 36.4 Å². The van der Waals surface area contributed by atoms with Crippen molar-refractivity contribution in [2.45, 2.75) is 9.79 Å². The van der Waals surface area contributed by atoms with Crippen molar-refractivity contribution in [1.29, 1.82) is 0 Å². The van der Waals surface area contributed by atoms with Crippen LogP contribution in [0.3, 0.4) is 0 Å². The van der Waals surface area contributed by atoms with Gasteiger partial charge in [0.1, 0.15) is 16.3 Å². The first-order chi connectivity index (χ1) is 17.8. The van der Waals surface area contributed by atoms with Crippen molar-refractivity contribution in [3.8, 4) is 5.75 Å². The van der Waals surface area contributed by atoms with Crippen molar-refractivity contribution in [3.05, 3.63) is 78.4 Å². The maximum absolute atomic E-state index is 11.9. The van der Waals surface area contributed by atoms with E-state index in [2.05, 4.69) is 20.5 Å². The van der Waals surface area contributed by atoms with Crippen LogP contribution in [0.15, 0.2) is 103 Å². The third-order valence-electron chi connectivity index (χ3n) is 5.13. The summed E-state index contributed by atoms with van der Waals surface area (Å²) in [4.78, 5) is 11.0. The Morgan fingerprint density at radius 2 is 1.24 bits per heavy atom. The molecule has 0 aliphatic heterocycles. The van der Waals surface area contributed by atoms with Crippen LogP contribution < -0.4 is 0 Å². The molecule has 0 aliphatic carbocycles. The number of carboxylic acids is 1. The van der Waals surface area contributed by atoms with E-state index in [1.807, 2.05) is 0 Å². The summed E-state index contributed by atoms with van der Waals surface area (Å²) in [7, 11) is -9.06. The predicted octanol–water partition coefficient (Wildman–Crippen LogP) is 5.57. The summed E-state index contributed by atoms with van der Waals surface area (Å²) in [6.07, 6.45) is 0. The van der Waals surface area contributed by atoms with Crippen molar-refractivity contribution in [2.75, 3.05) is 0 Å². The molecule has 4 N–H and O–H groups in total. The smallest absolute Gasteiger partial charge is 0.338 e. The maximum atomic E-state index is 11.9. The lowest BCUT2D eigenvalue weighted by molar-refractivity contribution is 0.0697. The van der Waals surface area contributed by atoms with Gasteiger partial charge in [0, 0.05) is 10.8 Å². The molecular weight excluding hydrogens is 540 g/mol. The Kier molecular flexibility index (Phi) is 7.01. The minimum absolute atomic E-state index is 0.0556. The van der Waals surface area contributed by atoms with Gasteiger partial charge in [0.15, 0.2) is 5.75 Å². The molecule has 4 aromatic rings. The van der Waals surface area contributed by atoms with E-state index in [0.29, 0.717) is 0 Å². The number of carbonyl (C=O) groups is 1. The Bertz CT molecular complexity index is 1850. The average molecular weight is 557 g/mol. The SMILES string of the molecule is O=C(O)c1cc(N=Nc2ccc(S(=O)(=O)O)cc2)ccc1N=Nc1cc(S(=O)(=O)O)c2ccccc2c1O. The highest BCUT2D eigenvalue weighted by atomic mass is 32.2. The number of azo groups is 2. The van der Waals surface area contributed by atoms with Crippen molar-refractivity contribution in [2.24, 2.45) is 20.5 Å². The third kappa shape index (κ3) is 5.70. The number of phenols is 1. The molecule has 0 saturated heterocycles. The van der Waals surface area contributed by atoms with Crippen LogP contribution in [0.2, 0.25) is 0 Å². The molecule has 194 valence electrons. The molecular formula is C23H16N4O9S2. The highest BCUT2D eigenvalue weighted by molar-refractivity contribution is 7.86. The third-order valence-corrected chi connectivity index (χ3v) is 6.89. The molecule has 0 amide bonds. The lowest BCUT2D eigenvalue weighted by Crippen LogP contribution is -1.99. The fourth-order valence-corrected chi connectivity index (χ4v) is 4.55. The van der Waals surface area contributed by atoms with Gasteiger partial charge < -0.3 is 10.2 Å². The lowest BCUT2D eigenvalue weighted by atomic mass is 10.1. The van der Waals surface area contributed by atoms with Gasteiger partial charge >= 0.3 is 5.97 Å². The van der Waals surface area contributed by atoms with Crippen molar-refractivity contribution >= 4 is 59.7 Å². The topological polar surface area (TPSA) is 216 Å². The standard InChI is InChI=1S/C23H16N4O9S2/c28-22-17-4-2-1-3-16(17)21(38(34,35)36)12-20(22)27-26-19-10-7-14(11-18(19)23(29)30)25-24-13-5-8-15(9-6-13)37(31,32)33/h1-12,28H,(H,29,30)(H,31,32,33)(H,34,35,36). The van der Waals surface area contributed by atoms with Crippen LogP contribution in [0.4, 0.5) is 22.7 Å². The van der Waals surface area contributed by atoms with E-state index in [4.69, 9.17) is 4.55 Å². The van der Waals surface area contributed by atoms with E-state index in [1.165, 1.54) is 48.5 Å². The molecule has 4 rings (SSSR count). The van der Waals surface area contributed by atoms with Gasteiger partial charge in [0.2, 0.25) is 0 Å². The first-order valence-electron chi connectivity index (χ1n) is 10.3. The quantitative estimate of drug-likeness (QED) is 0.165. The zero-order valence-corrected chi connectivity index (χ0v) is 20.5. The summed E-state index contributed by atoms with van der Waals surface area (Å²) in [6, 6.07) is 15.3. The van der Waals surface area contributed by atoms with Gasteiger partial charge in [0.25, 0.3) is 20.2 Å². The highest BCUT2D eigenvalue weighted by Gasteiger charge is 2.20. The van der Waals surface area contributed by atoms with E-state index in [-0.39, 0.29) is 44.0 Å². The maximum Gasteiger partial charge on any atom is 0.338 e. The molecule has 38 heavy (non-hydrogen) atoms. The van der Waals surface area contributed by atoms with E-state index in [0.717, 1.165) is 24.3 Å². The van der Waals surface area contributed by atoms with Crippen LogP contribution in [0, 0.1) is 0 Å². The van der Waals surface area contributed by atoms with Gasteiger partial charge in [-0.3, -0.25) is 9.11 Å². The first-order valence-corrected chi connectivity index (χ1v) is 13.2. The van der Waals surface area contributed by atoms with E-state index in [1.54, 1.807) is 0 Å². The van der Waals surface area contributed by atoms with Gasteiger partial charge in [0.05, 0.1) is 21.8 Å². The average Bonchev–Trinajstić information content (AvgIpc) is 2.86. The van der Waals surface area contributed by atoms with Gasteiger partial charge in [-0.2, -0.15) is 27.1 Å². The van der Waals surface area contributed by atoms with Crippen LogP contribution in [0.25, 0.3) is 10.8 Å². The summed E-state index contributed by atoms with van der Waals surface area (Å²) < 4.78 is 64.6. The van der Waals surface area contributed by atoms with Gasteiger partial charge in [-0.05, 0) is 48.5 Å². The first kappa shape index (κ1) is 26.5. The number of aromatic hydroxyl groups is 1. The fraction of sp³-hybridized carbons (Fsp3) is 0. The van der Waals surface area contributed by atoms with Crippen LogP contribution in [0.5, 0.6) is 5.75 Å². The zero-order chi connectivity index (χ0) is 27.7. The molecule has 0 saturated carbocycles. The second-order valence-corrected chi connectivity index (χ2v) is 10.5.